The minimum absolute atomic E-state index is 0.00118. The molecule has 0 N–H and O–H groups in total. The minimum Gasteiger partial charge on any atom is -0.354 e. The number of thiophene rings is 1. The Morgan fingerprint density at radius 2 is 2.24 bits per heavy atom. The van der Waals surface area contributed by atoms with Crippen molar-refractivity contribution in [2.24, 2.45) is 0 Å². The van der Waals surface area contributed by atoms with Crippen LogP contribution in [-0.2, 0) is 10.0 Å². The maximum atomic E-state index is 11.7. The first-order valence-electron chi connectivity index (χ1n) is 6.83. The lowest BCUT2D eigenvalue weighted by Gasteiger charge is -2.37. The quantitative estimate of drug-likeness (QED) is 0.856. The molecular weight excluding hydrogens is 308 g/mol. The predicted octanol–water partition coefficient (Wildman–Crippen LogP) is 1.55. The fourth-order valence-corrected chi connectivity index (χ4v) is 4.29. The van der Waals surface area contributed by atoms with Crippen molar-refractivity contribution in [3.63, 3.8) is 0 Å². The summed E-state index contributed by atoms with van der Waals surface area (Å²) in [5.74, 6) is 0.918. The van der Waals surface area contributed by atoms with Gasteiger partial charge in [0.15, 0.2) is 0 Å². The van der Waals surface area contributed by atoms with Crippen LogP contribution >= 0.6 is 11.3 Å². The highest BCUT2D eigenvalue weighted by molar-refractivity contribution is 7.88. The third-order valence-corrected chi connectivity index (χ3v) is 6.20. The Bertz CT molecular complexity index is 743. The zero-order valence-corrected chi connectivity index (χ0v) is 13.7. The Labute approximate surface area is 128 Å². The molecule has 1 aliphatic heterocycles. The van der Waals surface area contributed by atoms with Crippen molar-refractivity contribution < 1.29 is 8.42 Å². The van der Waals surface area contributed by atoms with Crippen LogP contribution in [-0.4, -0.2) is 55.1 Å². The molecule has 114 valence electrons. The molecule has 0 aliphatic carbocycles. The number of rotatable bonds is 3. The van der Waals surface area contributed by atoms with Crippen LogP contribution in [0.2, 0.25) is 0 Å². The summed E-state index contributed by atoms with van der Waals surface area (Å²) in [5.41, 5.74) is 0.948. The molecule has 1 unspecified atom stereocenters. The van der Waals surface area contributed by atoms with E-state index in [0.29, 0.717) is 6.54 Å². The van der Waals surface area contributed by atoms with Gasteiger partial charge in [0.2, 0.25) is 10.0 Å². The van der Waals surface area contributed by atoms with Crippen LogP contribution in [0.1, 0.15) is 12.8 Å². The van der Waals surface area contributed by atoms with Gasteiger partial charge in [-0.25, -0.2) is 22.7 Å². The summed E-state index contributed by atoms with van der Waals surface area (Å²) in [6, 6.07) is 1.98. The Morgan fingerprint density at radius 1 is 1.43 bits per heavy atom. The van der Waals surface area contributed by atoms with E-state index in [1.54, 1.807) is 24.7 Å². The van der Waals surface area contributed by atoms with E-state index in [9.17, 15) is 8.42 Å². The number of likely N-dealkylation sites (N-methyl/N-ethyl adjacent to an activating group) is 1. The second kappa shape index (κ2) is 5.51. The summed E-state index contributed by atoms with van der Waals surface area (Å²) in [6.07, 6.45) is 4.68. The van der Waals surface area contributed by atoms with Gasteiger partial charge in [0, 0.05) is 26.2 Å². The first kappa shape index (κ1) is 14.7. The van der Waals surface area contributed by atoms with E-state index >= 15 is 0 Å². The van der Waals surface area contributed by atoms with E-state index in [0.717, 1.165) is 35.4 Å². The molecule has 1 fully saturated rings. The van der Waals surface area contributed by atoms with Gasteiger partial charge in [-0.05, 0) is 24.3 Å². The normalized spacial score (nSPS) is 20.3. The Balaban J connectivity index is 1.88. The third kappa shape index (κ3) is 2.88. The van der Waals surface area contributed by atoms with Crippen LogP contribution in [0.15, 0.2) is 17.8 Å². The number of nitrogens with zero attached hydrogens (tertiary/aromatic N) is 4. The molecule has 0 saturated carbocycles. The van der Waals surface area contributed by atoms with Gasteiger partial charge in [-0.1, -0.05) is 0 Å². The van der Waals surface area contributed by atoms with Gasteiger partial charge in [0.25, 0.3) is 0 Å². The number of hydrogen-bond donors (Lipinski definition) is 0. The summed E-state index contributed by atoms with van der Waals surface area (Å²) < 4.78 is 26.0. The average Bonchev–Trinajstić information content (AvgIpc) is 2.94. The lowest BCUT2D eigenvalue weighted by Crippen LogP contribution is -2.48. The van der Waals surface area contributed by atoms with E-state index < -0.39 is 10.0 Å². The van der Waals surface area contributed by atoms with Crippen LogP contribution in [0.25, 0.3) is 10.2 Å². The summed E-state index contributed by atoms with van der Waals surface area (Å²) >= 11 is 1.62. The second-order valence-corrected chi connectivity index (χ2v) is 8.31. The number of piperidine rings is 1. The maximum absolute atomic E-state index is 11.7. The van der Waals surface area contributed by atoms with E-state index in [1.807, 2.05) is 11.4 Å². The van der Waals surface area contributed by atoms with Crippen molar-refractivity contribution in [2.75, 3.05) is 31.3 Å². The highest BCUT2D eigenvalue weighted by atomic mass is 32.2. The highest BCUT2D eigenvalue weighted by Crippen LogP contribution is 2.30. The maximum Gasteiger partial charge on any atom is 0.211 e. The Hall–Kier alpha value is -1.25. The molecule has 2 aromatic heterocycles. The number of fused-ring (bicyclic) bond motifs is 1. The Kier molecular flexibility index (Phi) is 3.85. The summed E-state index contributed by atoms with van der Waals surface area (Å²) in [4.78, 5) is 10.8. The molecule has 3 heterocycles. The zero-order chi connectivity index (χ0) is 15.0. The molecule has 1 aliphatic rings. The van der Waals surface area contributed by atoms with Crippen LogP contribution in [0.4, 0.5) is 5.82 Å². The van der Waals surface area contributed by atoms with Gasteiger partial charge in [0.1, 0.15) is 12.1 Å². The van der Waals surface area contributed by atoms with Gasteiger partial charge in [-0.15, -0.1) is 11.3 Å². The van der Waals surface area contributed by atoms with Crippen molar-refractivity contribution in [3.8, 4) is 0 Å². The average molecular weight is 326 g/mol. The number of sulfonamides is 1. The molecule has 8 heteroatoms. The van der Waals surface area contributed by atoms with Gasteiger partial charge < -0.3 is 4.90 Å². The molecule has 21 heavy (non-hydrogen) atoms. The van der Waals surface area contributed by atoms with Crippen LogP contribution in [0.3, 0.4) is 0 Å². The van der Waals surface area contributed by atoms with E-state index in [2.05, 4.69) is 14.9 Å². The van der Waals surface area contributed by atoms with E-state index in [4.69, 9.17) is 0 Å². The summed E-state index contributed by atoms with van der Waals surface area (Å²) in [7, 11) is -1.51. The largest absolute Gasteiger partial charge is 0.354 e. The first-order chi connectivity index (χ1) is 9.97. The molecule has 0 amide bonds. The second-order valence-electron chi connectivity index (χ2n) is 5.35. The molecule has 1 saturated heterocycles. The van der Waals surface area contributed by atoms with Crippen molar-refractivity contribution in [2.45, 2.75) is 18.9 Å². The summed E-state index contributed by atoms with van der Waals surface area (Å²) in [5, 5.41) is 2.01. The van der Waals surface area contributed by atoms with Gasteiger partial charge >= 0.3 is 0 Å². The summed E-state index contributed by atoms with van der Waals surface area (Å²) in [6.45, 7) is 1.58. The van der Waals surface area contributed by atoms with Crippen LogP contribution in [0, 0.1) is 0 Å². The zero-order valence-electron chi connectivity index (χ0n) is 12.1. The predicted molar refractivity (Wildman–Crippen MR) is 85.3 cm³/mol. The standard InChI is InChI=1S/C13H18N4O2S2/c1-16(21(2,18)19)10-4-3-6-17(8-10)13-12-11(5-7-20-12)14-9-15-13/h5,7,9-10H,3-4,6,8H2,1-2H3. The van der Waals surface area contributed by atoms with Crippen LogP contribution < -0.4 is 4.90 Å². The van der Waals surface area contributed by atoms with Gasteiger partial charge in [-0.2, -0.15) is 0 Å². The fraction of sp³-hybridized carbons (Fsp3) is 0.538. The number of hydrogen-bond acceptors (Lipinski definition) is 6. The molecular formula is C13H18N4O2S2. The number of anilines is 1. The molecule has 6 nitrogen and oxygen atoms in total. The number of aromatic nitrogens is 2. The smallest absolute Gasteiger partial charge is 0.211 e. The lowest BCUT2D eigenvalue weighted by molar-refractivity contribution is 0.321. The molecule has 2 aromatic rings. The minimum atomic E-state index is -3.16. The van der Waals surface area contributed by atoms with E-state index in [-0.39, 0.29) is 6.04 Å². The topological polar surface area (TPSA) is 66.4 Å². The van der Waals surface area contributed by atoms with Crippen molar-refractivity contribution in [1.29, 1.82) is 0 Å². The Morgan fingerprint density at radius 3 is 3.00 bits per heavy atom. The molecule has 0 bridgehead atoms. The monoisotopic (exact) mass is 326 g/mol. The fourth-order valence-electron chi connectivity index (χ4n) is 2.72. The molecule has 0 radical (unpaired) electrons. The SMILES string of the molecule is CN(C1CCCN(c2ncnc3ccsc23)C1)S(C)(=O)=O. The van der Waals surface area contributed by atoms with Crippen molar-refractivity contribution >= 4 is 37.4 Å². The van der Waals surface area contributed by atoms with Crippen molar-refractivity contribution in [3.05, 3.63) is 17.8 Å². The van der Waals surface area contributed by atoms with Crippen molar-refractivity contribution in [1.82, 2.24) is 14.3 Å². The molecule has 0 spiro atoms. The van der Waals surface area contributed by atoms with Gasteiger partial charge in [-0.3, -0.25) is 0 Å². The highest BCUT2D eigenvalue weighted by Gasteiger charge is 2.29. The molecule has 3 rings (SSSR count). The first-order valence-corrected chi connectivity index (χ1v) is 9.56. The van der Waals surface area contributed by atoms with Crippen LogP contribution in [0.5, 0.6) is 0 Å². The molecule has 1 atom stereocenters. The molecule has 0 aromatic carbocycles. The third-order valence-electron chi connectivity index (χ3n) is 3.96. The van der Waals surface area contributed by atoms with Gasteiger partial charge in [0.05, 0.1) is 16.5 Å². The van der Waals surface area contributed by atoms with E-state index in [1.165, 1.54) is 10.6 Å². The lowest BCUT2D eigenvalue weighted by atomic mass is 10.1.